The summed E-state index contributed by atoms with van der Waals surface area (Å²) in [5, 5.41) is 3.07. The normalized spacial score (nSPS) is 14.9. The first-order chi connectivity index (χ1) is 13.9. The third-order valence-corrected chi connectivity index (χ3v) is 4.75. The van der Waals surface area contributed by atoms with Crippen molar-refractivity contribution in [2.75, 3.05) is 18.1 Å². The Hall–Kier alpha value is -2.84. The number of nitrogens with one attached hydrogen (secondary N) is 1. The van der Waals surface area contributed by atoms with Gasteiger partial charge >= 0.3 is 12.0 Å². The Labute approximate surface area is 180 Å². The van der Waals surface area contributed by atoms with Crippen LogP contribution in [-0.4, -0.2) is 31.1 Å². The van der Waals surface area contributed by atoms with Crippen LogP contribution in [0, 0.1) is 0 Å². The van der Waals surface area contributed by atoms with E-state index in [4.69, 9.17) is 21.1 Å². The lowest BCUT2D eigenvalue weighted by Crippen LogP contribution is -2.30. The molecule has 1 aliphatic heterocycles. The van der Waals surface area contributed by atoms with E-state index in [1.807, 2.05) is 0 Å². The average molecular weight is 480 g/mol. The van der Waals surface area contributed by atoms with Crippen LogP contribution in [0.4, 0.5) is 10.5 Å². The molecule has 1 aliphatic rings. The van der Waals surface area contributed by atoms with Crippen molar-refractivity contribution in [3.05, 3.63) is 63.2 Å². The van der Waals surface area contributed by atoms with Gasteiger partial charge in [0, 0.05) is 5.02 Å². The molecule has 9 heteroatoms. The number of carbonyl (C=O) groups excluding carboxylic acids is 3. The fraction of sp³-hybridized carbons (Fsp3) is 0.150. The SMILES string of the molecule is CCOC(=O)COc1ccc(/C=C2/NC(=O)N(c3ccc(Cl)cc3)C2=O)cc1Br. The Morgan fingerprint density at radius 1 is 1.21 bits per heavy atom. The summed E-state index contributed by atoms with van der Waals surface area (Å²) in [6.07, 6.45) is 1.55. The number of hydrogen-bond donors (Lipinski definition) is 1. The molecule has 3 amide bonds. The van der Waals surface area contributed by atoms with Crippen LogP contribution in [0.15, 0.2) is 52.6 Å². The van der Waals surface area contributed by atoms with Gasteiger partial charge in [-0.15, -0.1) is 0 Å². The van der Waals surface area contributed by atoms with Gasteiger partial charge < -0.3 is 14.8 Å². The average Bonchev–Trinajstić information content (AvgIpc) is 2.95. The number of nitrogens with zero attached hydrogens (tertiary/aromatic N) is 1. The van der Waals surface area contributed by atoms with Crippen molar-refractivity contribution < 1.29 is 23.9 Å². The standard InChI is InChI=1S/C20H16BrClN2O5/c1-2-28-18(25)11-29-17-8-3-12(9-15(17)21)10-16-19(26)24(20(27)23-16)14-6-4-13(22)5-7-14/h3-10H,2,11H2,1H3,(H,23,27)/b16-10+. The lowest BCUT2D eigenvalue weighted by molar-refractivity contribution is -0.145. The molecule has 0 unspecified atom stereocenters. The molecular formula is C20H16BrClN2O5. The predicted octanol–water partition coefficient (Wildman–Crippen LogP) is 4.14. The van der Waals surface area contributed by atoms with E-state index in [2.05, 4.69) is 21.2 Å². The molecule has 0 spiro atoms. The Morgan fingerprint density at radius 2 is 1.93 bits per heavy atom. The highest BCUT2D eigenvalue weighted by Crippen LogP contribution is 2.28. The molecule has 2 aromatic rings. The second-order valence-electron chi connectivity index (χ2n) is 5.89. The number of rotatable bonds is 6. The van der Waals surface area contributed by atoms with E-state index >= 15 is 0 Å². The van der Waals surface area contributed by atoms with Crippen LogP contribution in [0.2, 0.25) is 5.02 Å². The lowest BCUT2D eigenvalue weighted by atomic mass is 10.2. The third kappa shape index (κ3) is 4.96. The van der Waals surface area contributed by atoms with Gasteiger partial charge in [0.25, 0.3) is 5.91 Å². The first-order valence-corrected chi connectivity index (χ1v) is 9.77. The zero-order chi connectivity index (χ0) is 21.0. The summed E-state index contributed by atoms with van der Waals surface area (Å²) in [7, 11) is 0. The predicted molar refractivity (Wildman–Crippen MR) is 112 cm³/mol. The summed E-state index contributed by atoms with van der Waals surface area (Å²) in [6, 6.07) is 10.9. The number of amides is 3. The number of carbonyl (C=O) groups is 3. The second-order valence-corrected chi connectivity index (χ2v) is 7.18. The highest BCUT2D eigenvalue weighted by Gasteiger charge is 2.34. The van der Waals surface area contributed by atoms with Gasteiger partial charge in [-0.2, -0.15) is 0 Å². The number of imide groups is 1. The molecule has 1 heterocycles. The molecule has 1 fully saturated rings. The summed E-state index contributed by atoms with van der Waals surface area (Å²) in [4.78, 5) is 37.3. The molecular weight excluding hydrogens is 464 g/mol. The topological polar surface area (TPSA) is 84.9 Å². The second kappa shape index (κ2) is 9.11. The van der Waals surface area contributed by atoms with Crippen LogP contribution >= 0.6 is 27.5 Å². The summed E-state index contributed by atoms with van der Waals surface area (Å²) >= 11 is 9.22. The number of esters is 1. The van der Waals surface area contributed by atoms with E-state index in [0.29, 0.717) is 26.5 Å². The zero-order valence-corrected chi connectivity index (χ0v) is 17.6. The molecule has 0 radical (unpaired) electrons. The fourth-order valence-electron chi connectivity index (χ4n) is 2.59. The van der Waals surface area contributed by atoms with Crippen molar-refractivity contribution in [3.63, 3.8) is 0 Å². The van der Waals surface area contributed by atoms with Crippen molar-refractivity contribution in [2.24, 2.45) is 0 Å². The summed E-state index contributed by atoms with van der Waals surface area (Å²) < 4.78 is 10.8. The number of halogens is 2. The molecule has 0 saturated carbocycles. The molecule has 29 heavy (non-hydrogen) atoms. The van der Waals surface area contributed by atoms with Gasteiger partial charge in [-0.25, -0.2) is 14.5 Å². The zero-order valence-electron chi connectivity index (χ0n) is 15.3. The molecule has 0 atom stereocenters. The Morgan fingerprint density at radius 3 is 2.59 bits per heavy atom. The van der Waals surface area contributed by atoms with Crippen molar-refractivity contribution in [2.45, 2.75) is 6.92 Å². The maximum atomic E-state index is 12.7. The van der Waals surface area contributed by atoms with Crippen molar-refractivity contribution in [1.29, 1.82) is 0 Å². The van der Waals surface area contributed by atoms with Gasteiger partial charge in [-0.3, -0.25) is 4.79 Å². The van der Waals surface area contributed by atoms with E-state index in [1.54, 1.807) is 55.5 Å². The number of ether oxygens (including phenoxy) is 2. The van der Waals surface area contributed by atoms with Crippen LogP contribution in [0.25, 0.3) is 6.08 Å². The van der Waals surface area contributed by atoms with Crippen molar-refractivity contribution in [1.82, 2.24) is 5.32 Å². The Kier molecular flexibility index (Phi) is 6.56. The summed E-state index contributed by atoms with van der Waals surface area (Å²) in [5.41, 5.74) is 1.21. The van der Waals surface area contributed by atoms with Gasteiger partial charge in [-0.05, 0) is 70.9 Å². The number of hydrogen-bond acceptors (Lipinski definition) is 5. The minimum absolute atomic E-state index is 0.136. The van der Waals surface area contributed by atoms with Gasteiger partial charge in [0.15, 0.2) is 6.61 Å². The highest BCUT2D eigenvalue weighted by molar-refractivity contribution is 9.10. The molecule has 150 valence electrons. The largest absolute Gasteiger partial charge is 0.481 e. The third-order valence-electron chi connectivity index (χ3n) is 3.88. The Bertz CT molecular complexity index is 991. The maximum absolute atomic E-state index is 12.7. The maximum Gasteiger partial charge on any atom is 0.344 e. The summed E-state index contributed by atoms with van der Waals surface area (Å²) in [5.74, 6) is -0.493. The quantitative estimate of drug-likeness (QED) is 0.382. The van der Waals surface area contributed by atoms with Crippen LogP contribution in [-0.2, 0) is 14.3 Å². The van der Waals surface area contributed by atoms with Gasteiger partial charge in [0.1, 0.15) is 11.4 Å². The first-order valence-electron chi connectivity index (χ1n) is 8.59. The van der Waals surface area contributed by atoms with Gasteiger partial charge in [-0.1, -0.05) is 17.7 Å². The molecule has 1 saturated heterocycles. The van der Waals surface area contributed by atoms with Gasteiger partial charge in [0.05, 0.1) is 16.8 Å². The number of anilines is 1. The van der Waals surface area contributed by atoms with Crippen LogP contribution in [0.3, 0.4) is 0 Å². The molecule has 3 rings (SSSR count). The minimum Gasteiger partial charge on any atom is -0.481 e. The summed E-state index contributed by atoms with van der Waals surface area (Å²) in [6.45, 7) is 1.79. The van der Waals surface area contributed by atoms with Crippen molar-refractivity contribution in [3.8, 4) is 5.75 Å². The van der Waals surface area contributed by atoms with E-state index in [1.165, 1.54) is 0 Å². The molecule has 0 aliphatic carbocycles. The molecule has 0 bridgehead atoms. The van der Waals surface area contributed by atoms with Crippen molar-refractivity contribution >= 4 is 57.2 Å². The smallest absolute Gasteiger partial charge is 0.344 e. The van der Waals surface area contributed by atoms with E-state index in [0.717, 1.165) is 4.90 Å². The van der Waals surface area contributed by atoms with E-state index in [-0.39, 0.29) is 18.9 Å². The minimum atomic E-state index is -0.544. The van der Waals surface area contributed by atoms with Crippen LogP contribution in [0.1, 0.15) is 12.5 Å². The first kappa shape index (κ1) is 20.9. The van der Waals surface area contributed by atoms with Crippen LogP contribution < -0.4 is 15.0 Å². The number of urea groups is 1. The lowest BCUT2D eigenvalue weighted by Gasteiger charge is -2.11. The Balaban J connectivity index is 1.75. The van der Waals surface area contributed by atoms with Gasteiger partial charge in [0.2, 0.25) is 0 Å². The van der Waals surface area contributed by atoms with E-state index < -0.39 is 17.9 Å². The molecule has 2 aromatic carbocycles. The molecule has 1 N–H and O–H groups in total. The monoisotopic (exact) mass is 478 g/mol. The molecule has 0 aromatic heterocycles. The fourth-order valence-corrected chi connectivity index (χ4v) is 3.23. The van der Waals surface area contributed by atoms with E-state index in [9.17, 15) is 14.4 Å². The molecule has 7 nitrogen and oxygen atoms in total. The van der Waals surface area contributed by atoms with Crippen LogP contribution in [0.5, 0.6) is 5.75 Å². The number of benzene rings is 2. The highest BCUT2D eigenvalue weighted by atomic mass is 79.9.